The second-order valence-electron chi connectivity index (χ2n) is 3.28. The van der Waals surface area contributed by atoms with Gasteiger partial charge in [0.1, 0.15) is 6.17 Å². The van der Waals surface area contributed by atoms with Crippen molar-refractivity contribution in [1.82, 2.24) is 0 Å². The van der Waals surface area contributed by atoms with E-state index in [4.69, 9.17) is 5.73 Å². The third-order valence-corrected chi connectivity index (χ3v) is 2.45. The molecule has 1 atom stereocenters. The lowest BCUT2D eigenvalue weighted by Crippen LogP contribution is -2.08. The number of halogens is 1. The summed E-state index contributed by atoms with van der Waals surface area (Å²) >= 11 is 0. The molecule has 1 nitrogen and oxygen atoms in total. The zero-order valence-corrected chi connectivity index (χ0v) is 6.89. The molecule has 2 rings (SSSR count). The molecular formula is C10H12FN. The van der Waals surface area contributed by atoms with Crippen LogP contribution in [0.2, 0.25) is 0 Å². The van der Waals surface area contributed by atoms with Gasteiger partial charge in [0.25, 0.3) is 0 Å². The van der Waals surface area contributed by atoms with Crippen LogP contribution in [0.3, 0.4) is 0 Å². The SMILES string of the molecule is Nc1cccc2c1C(F)CCC2. The first-order valence-corrected chi connectivity index (χ1v) is 4.30. The lowest BCUT2D eigenvalue weighted by atomic mass is 9.89. The van der Waals surface area contributed by atoms with Crippen molar-refractivity contribution in [2.75, 3.05) is 5.73 Å². The summed E-state index contributed by atoms with van der Waals surface area (Å²) < 4.78 is 13.4. The summed E-state index contributed by atoms with van der Waals surface area (Å²) in [6, 6.07) is 5.64. The maximum Gasteiger partial charge on any atom is 0.127 e. The van der Waals surface area contributed by atoms with Gasteiger partial charge >= 0.3 is 0 Å². The fourth-order valence-corrected chi connectivity index (χ4v) is 1.85. The molecule has 12 heavy (non-hydrogen) atoms. The van der Waals surface area contributed by atoms with E-state index in [0.29, 0.717) is 12.1 Å². The molecule has 0 radical (unpaired) electrons. The number of hydrogen-bond acceptors (Lipinski definition) is 1. The molecule has 1 aliphatic rings. The van der Waals surface area contributed by atoms with Crippen molar-refractivity contribution < 1.29 is 4.39 Å². The topological polar surface area (TPSA) is 26.0 Å². The Morgan fingerprint density at radius 2 is 2.25 bits per heavy atom. The van der Waals surface area contributed by atoms with Gasteiger partial charge in [0, 0.05) is 11.3 Å². The van der Waals surface area contributed by atoms with E-state index < -0.39 is 6.17 Å². The molecule has 2 heteroatoms. The quantitative estimate of drug-likeness (QED) is 0.587. The number of nitrogen functional groups attached to an aromatic ring is 1. The van der Waals surface area contributed by atoms with Crippen LogP contribution in [-0.4, -0.2) is 0 Å². The van der Waals surface area contributed by atoms with Gasteiger partial charge in [-0.05, 0) is 30.9 Å². The molecule has 0 bridgehead atoms. The van der Waals surface area contributed by atoms with E-state index in [1.54, 1.807) is 6.07 Å². The summed E-state index contributed by atoms with van der Waals surface area (Å²) in [5.74, 6) is 0. The highest BCUT2D eigenvalue weighted by Crippen LogP contribution is 2.35. The van der Waals surface area contributed by atoms with Gasteiger partial charge in [0.2, 0.25) is 0 Å². The number of nitrogens with two attached hydrogens (primary N) is 1. The van der Waals surface area contributed by atoms with Crippen LogP contribution in [0, 0.1) is 0 Å². The summed E-state index contributed by atoms with van der Waals surface area (Å²) in [5, 5.41) is 0. The summed E-state index contributed by atoms with van der Waals surface area (Å²) in [6.07, 6.45) is 1.70. The molecule has 64 valence electrons. The van der Waals surface area contributed by atoms with Crippen LogP contribution < -0.4 is 5.73 Å². The number of hydrogen-bond donors (Lipinski definition) is 1. The molecule has 1 aliphatic carbocycles. The van der Waals surface area contributed by atoms with Crippen LogP contribution >= 0.6 is 0 Å². The third-order valence-electron chi connectivity index (χ3n) is 2.45. The second-order valence-corrected chi connectivity index (χ2v) is 3.28. The molecule has 0 spiro atoms. The number of alkyl halides is 1. The average molecular weight is 165 g/mol. The summed E-state index contributed by atoms with van der Waals surface area (Å²) in [6.45, 7) is 0. The molecule has 0 amide bonds. The molecular weight excluding hydrogens is 153 g/mol. The maximum absolute atomic E-state index is 13.4. The van der Waals surface area contributed by atoms with E-state index in [9.17, 15) is 4.39 Å². The normalized spacial score (nSPS) is 21.9. The third kappa shape index (κ3) is 1.07. The van der Waals surface area contributed by atoms with Gasteiger partial charge in [-0.2, -0.15) is 0 Å². The smallest absolute Gasteiger partial charge is 0.127 e. The van der Waals surface area contributed by atoms with Crippen LogP contribution in [0.5, 0.6) is 0 Å². The first kappa shape index (κ1) is 7.59. The van der Waals surface area contributed by atoms with E-state index in [1.165, 1.54) is 0 Å². The van der Waals surface area contributed by atoms with Crippen molar-refractivity contribution in [2.45, 2.75) is 25.4 Å². The van der Waals surface area contributed by atoms with Crippen molar-refractivity contribution in [2.24, 2.45) is 0 Å². The first-order chi connectivity index (χ1) is 5.79. The first-order valence-electron chi connectivity index (χ1n) is 4.30. The predicted octanol–water partition coefficient (Wildman–Crippen LogP) is 2.62. The summed E-state index contributed by atoms with van der Waals surface area (Å²) in [5.41, 5.74) is 8.13. The Bertz CT molecular complexity index is 296. The van der Waals surface area contributed by atoms with E-state index >= 15 is 0 Å². The minimum atomic E-state index is -0.838. The van der Waals surface area contributed by atoms with Crippen LogP contribution in [0.4, 0.5) is 10.1 Å². The molecule has 1 aromatic rings. The van der Waals surface area contributed by atoms with Gasteiger partial charge < -0.3 is 5.73 Å². The van der Waals surface area contributed by atoms with Gasteiger partial charge in [-0.1, -0.05) is 12.1 Å². The minimum absolute atomic E-state index is 0.611. The fourth-order valence-electron chi connectivity index (χ4n) is 1.85. The minimum Gasteiger partial charge on any atom is -0.398 e. The van der Waals surface area contributed by atoms with E-state index in [-0.39, 0.29) is 0 Å². The molecule has 0 heterocycles. The number of benzene rings is 1. The van der Waals surface area contributed by atoms with Gasteiger partial charge in [0.05, 0.1) is 0 Å². The van der Waals surface area contributed by atoms with Gasteiger partial charge in [-0.25, -0.2) is 4.39 Å². The zero-order chi connectivity index (χ0) is 8.55. The van der Waals surface area contributed by atoms with Crippen molar-refractivity contribution in [3.63, 3.8) is 0 Å². The summed E-state index contributed by atoms with van der Waals surface area (Å²) in [4.78, 5) is 0. The highest BCUT2D eigenvalue weighted by molar-refractivity contribution is 5.53. The largest absolute Gasteiger partial charge is 0.398 e. The fraction of sp³-hybridized carbons (Fsp3) is 0.400. The molecule has 0 saturated heterocycles. The Hall–Kier alpha value is -1.05. The van der Waals surface area contributed by atoms with Crippen molar-refractivity contribution in [1.29, 1.82) is 0 Å². The highest BCUT2D eigenvalue weighted by Gasteiger charge is 2.20. The van der Waals surface area contributed by atoms with Crippen LogP contribution in [0.15, 0.2) is 18.2 Å². The number of anilines is 1. The molecule has 0 saturated carbocycles. The molecule has 0 aromatic heterocycles. The average Bonchev–Trinajstić information content (AvgIpc) is 2.04. The molecule has 0 fully saturated rings. The van der Waals surface area contributed by atoms with Crippen LogP contribution in [-0.2, 0) is 6.42 Å². The van der Waals surface area contributed by atoms with Gasteiger partial charge in [0.15, 0.2) is 0 Å². The standard InChI is InChI=1S/C10H12FN/c11-8-5-1-3-7-4-2-6-9(12)10(7)8/h2,4,6,8H,1,3,5,12H2. The van der Waals surface area contributed by atoms with E-state index in [1.807, 2.05) is 12.1 Å². The van der Waals surface area contributed by atoms with E-state index in [0.717, 1.165) is 24.0 Å². The van der Waals surface area contributed by atoms with Crippen LogP contribution in [0.1, 0.15) is 30.1 Å². The van der Waals surface area contributed by atoms with E-state index in [2.05, 4.69) is 0 Å². The van der Waals surface area contributed by atoms with Crippen molar-refractivity contribution in [3.8, 4) is 0 Å². The zero-order valence-electron chi connectivity index (χ0n) is 6.89. The van der Waals surface area contributed by atoms with Crippen LogP contribution in [0.25, 0.3) is 0 Å². The Labute approximate surface area is 71.4 Å². The Morgan fingerprint density at radius 3 is 3.00 bits per heavy atom. The molecule has 2 N–H and O–H groups in total. The number of rotatable bonds is 0. The Balaban J connectivity index is 2.53. The monoisotopic (exact) mass is 165 g/mol. The summed E-state index contributed by atoms with van der Waals surface area (Å²) in [7, 11) is 0. The number of fused-ring (bicyclic) bond motifs is 1. The van der Waals surface area contributed by atoms with Gasteiger partial charge in [-0.3, -0.25) is 0 Å². The number of aryl methyl sites for hydroxylation is 1. The lowest BCUT2D eigenvalue weighted by molar-refractivity contribution is 0.303. The van der Waals surface area contributed by atoms with Gasteiger partial charge in [-0.15, -0.1) is 0 Å². The van der Waals surface area contributed by atoms with Crippen molar-refractivity contribution in [3.05, 3.63) is 29.3 Å². The Morgan fingerprint density at radius 1 is 1.42 bits per heavy atom. The lowest BCUT2D eigenvalue weighted by Gasteiger charge is -2.20. The molecule has 0 aliphatic heterocycles. The highest BCUT2D eigenvalue weighted by atomic mass is 19.1. The van der Waals surface area contributed by atoms with Crippen molar-refractivity contribution >= 4 is 5.69 Å². The predicted molar refractivity (Wildman–Crippen MR) is 47.6 cm³/mol. The maximum atomic E-state index is 13.4. The molecule has 1 unspecified atom stereocenters. The Kier molecular flexibility index (Phi) is 1.75. The second kappa shape index (κ2) is 2.77. The molecule has 1 aromatic carbocycles.